The van der Waals surface area contributed by atoms with Crippen molar-refractivity contribution in [3.63, 3.8) is 0 Å². The molecule has 4 rings (SSSR count). The maximum Gasteiger partial charge on any atom is 0.230 e. The van der Waals surface area contributed by atoms with Gasteiger partial charge in [-0.15, -0.1) is 11.3 Å². The zero-order valence-electron chi connectivity index (χ0n) is 19.1. The van der Waals surface area contributed by atoms with E-state index in [4.69, 9.17) is 4.98 Å². The number of carbonyl (C=O) groups excluding carboxylic acids is 1. The van der Waals surface area contributed by atoms with Gasteiger partial charge in [0.25, 0.3) is 0 Å². The first-order chi connectivity index (χ1) is 15.1. The van der Waals surface area contributed by atoms with Crippen LogP contribution in [-0.4, -0.2) is 53.4 Å². The van der Waals surface area contributed by atoms with E-state index < -0.39 is 0 Å². The van der Waals surface area contributed by atoms with E-state index in [1.807, 2.05) is 24.3 Å². The number of thiazole rings is 1. The van der Waals surface area contributed by atoms with Crippen molar-refractivity contribution >= 4 is 28.1 Å². The van der Waals surface area contributed by atoms with Crippen molar-refractivity contribution in [2.45, 2.75) is 58.9 Å². The van der Waals surface area contributed by atoms with Gasteiger partial charge in [-0.3, -0.25) is 14.6 Å². The molecule has 0 bridgehead atoms. The summed E-state index contributed by atoms with van der Waals surface area (Å²) in [6.07, 6.45) is 8.16. The second-order valence-electron chi connectivity index (χ2n) is 9.25. The Morgan fingerprint density at radius 1 is 1.03 bits per heavy atom. The minimum atomic E-state index is -0.000852. The number of aromatic nitrogens is 1. The Bertz CT molecular complexity index is 833. The number of hydrogen-bond donors (Lipinski definition) is 0. The number of amides is 1. The molecule has 2 aliphatic rings. The zero-order chi connectivity index (χ0) is 21.6. The Morgan fingerprint density at radius 3 is 2.35 bits per heavy atom. The maximum atomic E-state index is 12.3. The number of hydrogen-bond acceptors (Lipinski definition) is 5. The van der Waals surface area contributed by atoms with Crippen molar-refractivity contribution in [1.29, 1.82) is 0 Å². The summed E-state index contributed by atoms with van der Waals surface area (Å²) in [5, 5.41) is 2.88. The van der Waals surface area contributed by atoms with E-state index in [0.29, 0.717) is 0 Å². The molecule has 168 valence electrons. The quantitative estimate of drug-likeness (QED) is 0.617. The van der Waals surface area contributed by atoms with Gasteiger partial charge in [0.05, 0.1) is 11.4 Å². The van der Waals surface area contributed by atoms with Crippen LogP contribution in [0, 0.1) is 12.8 Å². The second kappa shape index (κ2) is 10.7. The van der Waals surface area contributed by atoms with Gasteiger partial charge in [-0.25, -0.2) is 4.98 Å². The molecule has 1 aromatic carbocycles. The number of likely N-dealkylation sites (tertiary alicyclic amines) is 2. The van der Waals surface area contributed by atoms with Crippen molar-refractivity contribution in [2.75, 3.05) is 37.6 Å². The number of benzene rings is 1. The van der Waals surface area contributed by atoms with E-state index in [-0.39, 0.29) is 5.91 Å². The molecule has 0 spiro atoms. The van der Waals surface area contributed by atoms with Gasteiger partial charge < -0.3 is 4.90 Å². The molecule has 6 heteroatoms. The van der Waals surface area contributed by atoms with Crippen LogP contribution < -0.4 is 4.90 Å². The van der Waals surface area contributed by atoms with Gasteiger partial charge in [-0.1, -0.05) is 30.5 Å². The molecule has 2 fully saturated rings. The maximum absolute atomic E-state index is 12.3. The Morgan fingerprint density at radius 2 is 1.71 bits per heavy atom. The van der Waals surface area contributed by atoms with Crippen molar-refractivity contribution < 1.29 is 4.79 Å². The summed E-state index contributed by atoms with van der Waals surface area (Å²) in [6, 6.07) is 8.06. The molecule has 5 nitrogen and oxygen atoms in total. The number of carbonyl (C=O) groups is 1. The summed E-state index contributed by atoms with van der Waals surface area (Å²) < 4.78 is 0. The summed E-state index contributed by atoms with van der Waals surface area (Å²) in [6.45, 7) is 10.7. The fraction of sp³-hybridized carbons (Fsp3) is 0.600. The molecule has 0 unspecified atom stereocenters. The third-order valence-corrected chi connectivity index (χ3v) is 7.52. The lowest BCUT2D eigenvalue weighted by atomic mass is 9.96. The Labute approximate surface area is 191 Å². The molecule has 0 radical (unpaired) electrons. The van der Waals surface area contributed by atoms with Gasteiger partial charge in [-0.2, -0.15) is 0 Å². The Hall–Kier alpha value is -1.76. The highest BCUT2D eigenvalue weighted by molar-refractivity contribution is 7.14. The number of aryl methyl sites for hydroxylation is 1. The van der Waals surface area contributed by atoms with Crippen LogP contribution in [0.15, 0.2) is 29.6 Å². The van der Waals surface area contributed by atoms with Gasteiger partial charge in [0.2, 0.25) is 5.91 Å². The van der Waals surface area contributed by atoms with Crippen LogP contribution in [0.5, 0.6) is 0 Å². The first-order valence-electron chi connectivity index (χ1n) is 11.8. The number of rotatable bonds is 6. The highest BCUT2D eigenvalue weighted by Gasteiger charge is 2.23. The monoisotopic (exact) mass is 440 g/mol. The van der Waals surface area contributed by atoms with Crippen LogP contribution in [0.2, 0.25) is 0 Å². The highest BCUT2D eigenvalue weighted by atomic mass is 32.1. The fourth-order valence-electron chi connectivity index (χ4n) is 4.83. The standard InChI is InChI=1S/C25H36N4OS/c1-20-7-9-24(10-8-20)29(21(2)30)25-26-23(19-31-25)18-28-15-11-22(12-16-28)17-27-13-5-3-4-6-14-27/h7-10,19,22H,3-6,11-18H2,1-2H3. The number of nitrogens with zero attached hydrogens (tertiary/aromatic N) is 4. The van der Waals surface area contributed by atoms with Gasteiger partial charge in [0.1, 0.15) is 0 Å². The molecular formula is C25H36N4OS. The predicted octanol–water partition coefficient (Wildman–Crippen LogP) is 5.22. The van der Waals surface area contributed by atoms with Gasteiger partial charge in [0.15, 0.2) is 5.13 Å². The van der Waals surface area contributed by atoms with E-state index >= 15 is 0 Å². The smallest absolute Gasteiger partial charge is 0.230 e. The molecule has 1 amide bonds. The molecule has 2 aromatic rings. The van der Waals surface area contributed by atoms with Gasteiger partial charge in [-0.05, 0) is 76.8 Å². The molecule has 2 aliphatic heterocycles. The SMILES string of the molecule is CC(=O)N(c1ccc(C)cc1)c1nc(CN2CCC(CN3CCCCCC3)CC2)cs1. The summed E-state index contributed by atoms with van der Waals surface area (Å²) in [4.78, 5) is 24.1. The molecular weight excluding hydrogens is 404 g/mol. The topological polar surface area (TPSA) is 39.7 Å². The average Bonchev–Trinajstić information content (AvgIpc) is 3.04. The summed E-state index contributed by atoms with van der Waals surface area (Å²) >= 11 is 1.56. The van der Waals surface area contributed by atoms with Crippen molar-refractivity contribution in [3.8, 4) is 0 Å². The summed E-state index contributed by atoms with van der Waals surface area (Å²) in [7, 11) is 0. The minimum Gasteiger partial charge on any atom is -0.303 e. The number of piperidine rings is 1. The Kier molecular flexibility index (Phi) is 7.75. The minimum absolute atomic E-state index is 0.000852. The first-order valence-corrected chi connectivity index (χ1v) is 12.7. The van der Waals surface area contributed by atoms with Crippen LogP contribution in [0.25, 0.3) is 0 Å². The van der Waals surface area contributed by atoms with E-state index in [9.17, 15) is 4.79 Å². The van der Waals surface area contributed by atoms with E-state index in [1.165, 1.54) is 63.7 Å². The summed E-state index contributed by atoms with van der Waals surface area (Å²) in [5.41, 5.74) is 3.14. The lowest BCUT2D eigenvalue weighted by molar-refractivity contribution is -0.115. The third kappa shape index (κ3) is 6.15. The van der Waals surface area contributed by atoms with Crippen molar-refractivity contribution in [2.24, 2.45) is 5.92 Å². The normalized spacial score (nSPS) is 19.3. The van der Waals surface area contributed by atoms with Gasteiger partial charge >= 0.3 is 0 Å². The first kappa shape index (κ1) is 22.4. The second-order valence-corrected chi connectivity index (χ2v) is 10.1. The Balaban J connectivity index is 1.31. The molecule has 0 saturated carbocycles. The van der Waals surface area contributed by atoms with Crippen LogP contribution in [0.3, 0.4) is 0 Å². The zero-order valence-corrected chi connectivity index (χ0v) is 19.9. The summed E-state index contributed by atoms with van der Waals surface area (Å²) in [5.74, 6) is 0.842. The van der Waals surface area contributed by atoms with Crippen LogP contribution in [0.4, 0.5) is 10.8 Å². The molecule has 0 N–H and O–H groups in total. The lowest BCUT2D eigenvalue weighted by Crippen LogP contribution is -2.38. The largest absolute Gasteiger partial charge is 0.303 e. The third-order valence-electron chi connectivity index (χ3n) is 6.65. The van der Waals surface area contributed by atoms with Crippen LogP contribution in [0.1, 0.15) is 56.7 Å². The highest BCUT2D eigenvalue weighted by Crippen LogP contribution is 2.30. The van der Waals surface area contributed by atoms with Crippen molar-refractivity contribution in [3.05, 3.63) is 40.9 Å². The van der Waals surface area contributed by atoms with E-state index in [2.05, 4.69) is 22.1 Å². The van der Waals surface area contributed by atoms with Crippen LogP contribution >= 0.6 is 11.3 Å². The molecule has 0 aliphatic carbocycles. The molecule has 31 heavy (non-hydrogen) atoms. The predicted molar refractivity (Wildman–Crippen MR) is 129 cm³/mol. The molecule has 1 aromatic heterocycles. The average molecular weight is 441 g/mol. The van der Waals surface area contributed by atoms with E-state index in [0.717, 1.165) is 42.1 Å². The number of anilines is 2. The fourth-order valence-corrected chi connectivity index (χ4v) is 5.71. The van der Waals surface area contributed by atoms with Crippen molar-refractivity contribution in [1.82, 2.24) is 14.8 Å². The van der Waals surface area contributed by atoms with Crippen LogP contribution in [-0.2, 0) is 11.3 Å². The molecule has 3 heterocycles. The van der Waals surface area contributed by atoms with Gasteiger partial charge in [0, 0.05) is 25.4 Å². The lowest BCUT2D eigenvalue weighted by Gasteiger charge is -2.34. The molecule has 2 saturated heterocycles. The molecule has 0 atom stereocenters. The van der Waals surface area contributed by atoms with E-state index in [1.54, 1.807) is 23.2 Å².